The van der Waals surface area contributed by atoms with E-state index in [-0.39, 0.29) is 5.92 Å². The van der Waals surface area contributed by atoms with Crippen LogP contribution in [0.25, 0.3) is 0 Å². The third kappa shape index (κ3) is 2.60. The molecule has 1 heterocycles. The highest BCUT2D eigenvalue weighted by molar-refractivity contribution is 14.1. The van der Waals surface area contributed by atoms with Crippen molar-refractivity contribution < 1.29 is 4.74 Å². The Morgan fingerprint density at radius 1 is 1.39 bits per heavy atom. The van der Waals surface area contributed by atoms with Crippen molar-refractivity contribution in [3.8, 4) is 11.6 Å². The smallest absolute Gasteiger partial charge is 0.241 e. The highest BCUT2D eigenvalue weighted by Gasteiger charge is 2.17. The summed E-state index contributed by atoms with van der Waals surface area (Å²) < 4.78 is 8.63. The van der Waals surface area contributed by atoms with E-state index in [2.05, 4.69) is 41.5 Å². The van der Waals surface area contributed by atoms with E-state index in [0.717, 1.165) is 15.0 Å². The predicted octanol–water partition coefficient (Wildman–Crippen LogP) is 3.52. The number of hydrogen-bond donors (Lipinski definition) is 1. The summed E-state index contributed by atoms with van der Waals surface area (Å²) >= 11 is 2.25. The van der Waals surface area contributed by atoms with Gasteiger partial charge in [0.05, 0.1) is 5.69 Å². The van der Waals surface area contributed by atoms with Crippen LogP contribution in [-0.4, -0.2) is 9.78 Å². The molecule has 2 rings (SSSR count). The summed E-state index contributed by atoms with van der Waals surface area (Å²) in [6.45, 7) is 4.13. The minimum absolute atomic E-state index is 0.282. The van der Waals surface area contributed by atoms with E-state index >= 15 is 0 Å². The van der Waals surface area contributed by atoms with Crippen LogP contribution >= 0.6 is 22.6 Å². The average Bonchev–Trinajstić information content (AvgIpc) is 2.57. The molecule has 0 fully saturated rings. The molecular formula is C13H16IN3O. The molecule has 4 nitrogen and oxygen atoms in total. The van der Waals surface area contributed by atoms with Crippen LogP contribution in [0.1, 0.15) is 25.5 Å². The van der Waals surface area contributed by atoms with Gasteiger partial charge in [-0.25, -0.2) is 4.68 Å². The number of nitrogens with two attached hydrogens (primary N) is 1. The number of ether oxygens (including phenoxy) is 1. The summed E-state index contributed by atoms with van der Waals surface area (Å²) in [4.78, 5) is 0. The molecule has 2 aromatic rings. The molecule has 0 saturated heterocycles. The van der Waals surface area contributed by atoms with E-state index in [1.807, 2.05) is 31.3 Å². The zero-order valence-corrected chi connectivity index (χ0v) is 12.8. The van der Waals surface area contributed by atoms with Gasteiger partial charge in [-0.3, -0.25) is 0 Å². The quantitative estimate of drug-likeness (QED) is 0.856. The molecule has 2 N–H and O–H groups in total. The lowest BCUT2D eigenvalue weighted by molar-refractivity contribution is 0.432. The van der Waals surface area contributed by atoms with Crippen molar-refractivity contribution in [2.45, 2.75) is 19.8 Å². The lowest BCUT2D eigenvalue weighted by Crippen LogP contribution is -1.97. The lowest BCUT2D eigenvalue weighted by atomic mass is 10.1. The van der Waals surface area contributed by atoms with Crippen molar-refractivity contribution in [1.29, 1.82) is 0 Å². The van der Waals surface area contributed by atoms with Gasteiger partial charge < -0.3 is 10.5 Å². The Balaban J connectivity index is 2.35. The molecule has 0 atom stereocenters. The van der Waals surface area contributed by atoms with Crippen LogP contribution in [0.4, 0.5) is 5.69 Å². The predicted molar refractivity (Wildman–Crippen MR) is 80.9 cm³/mol. The second-order valence-electron chi connectivity index (χ2n) is 4.44. The van der Waals surface area contributed by atoms with Gasteiger partial charge in [0.1, 0.15) is 11.4 Å². The molecule has 0 amide bonds. The van der Waals surface area contributed by atoms with E-state index in [1.165, 1.54) is 0 Å². The van der Waals surface area contributed by atoms with Gasteiger partial charge in [-0.05, 0) is 46.7 Å². The molecule has 0 unspecified atom stereocenters. The number of benzene rings is 1. The maximum absolute atomic E-state index is 6.08. The van der Waals surface area contributed by atoms with Gasteiger partial charge in [0.15, 0.2) is 0 Å². The number of nitrogen functional groups attached to an aromatic ring is 1. The van der Waals surface area contributed by atoms with E-state index in [0.29, 0.717) is 11.6 Å². The van der Waals surface area contributed by atoms with Gasteiger partial charge in [0.2, 0.25) is 5.88 Å². The fraction of sp³-hybridized carbons (Fsp3) is 0.308. The Kier molecular flexibility index (Phi) is 3.79. The van der Waals surface area contributed by atoms with E-state index in [9.17, 15) is 0 Å². The zero-order chi connectivity index (χ0) is 13.3. The fourth-order valence-corrected chi connectivity index (χ4v) is 2.25. The minimum Gasteiger partial charge on any atom is -0.437 e. The summed E-state index contributed by atoms with van der Waals surface area (Å²) in [5.74, 6) is 1.65. The van der Waals surface area contributed by atoms with Gasteiger partial charge >= 0.3 is 0 Å². The Morgan fingerprint density at radius 2 is 2.11 bits per heavy atom. The monoisotopic (exact) mass is 357 g/mol. The molecule has 18 heavy (non-hydrogen) atoms. The number of halogens is 1. The second kappa shape index (κ2) is 5.17. The Morgan fingerprint density at radius 3 is 2.67 bits per heavy atom. The molecule has 0 aliphatic carbocycles. The first-order valence-electron chi connectivity index (χ1n) is 5.75. The van der Waals surface area contributed by atoms with Crippen molar-refractivity contribution >= 4 is 28.3 Å². The molecule has 0 spiro atoms. The molecule has 5 heteroatoms. The van der Waals surface area contributed by atoms with E-state index in [4.69, 9.17) is 10.5 Å². The van der Waals surface area contributed by atoms with Crippen LogP contribution in [0.15, 0.2) is 24.3 Å². The largest absolute Gasteiger partial charge is 0.437 e. The molecular weight excluding hydrogens is 341 g/mol. The summed E-state index contributed by atoms with van der Waals surface area (Å²) in [7, 11) is 1.84. The summed E-state index contributed by atoms with van der Waals surface area (Å²) in [5.41, 5.74) is 7.57. The fourth-order valence-electron chi connectivity index (χ4n) is 1.73. The van der Waals surface area contributed by atoms with Gasteiger partial charge in [-0.1, -0.05) is 19.9 Å². The summed E-state index contributed by atoms with van der Waals surface area (Å²) in [6, 6.07) is 7.83. The Bertz CT molecular complexity index is 563. The third-order valence-corrected chi connectivity index (χ3v) is 3.29. The second-order valence-corrected chi connectivity index (χ2v) is 5.69. The molecule has 0 aliphatic rings. The first kappa shape index (κ1) is 13.2. The maximum Gasteiger partial charge on any atom is 0.241 e. The van der Waals surface area contributed by atoms with Gasteiger partial charge in [0.25, 0.3) is 0 Å². The topological polar surface area (TPSA) is 53.1 Å². The number of anilines is 1. The molecule has 0 saturated carbocycles. The van der Waals surface area contributed by atoms with E-state index < -0.39 is 0 Å². The lowest BCUT2D eigenvalue weighted by Gasteiger charge is -2.07. The molecule has 1 aromatic carbocycles. The minimum atomic E-state index is 0.282. The molecule has 1 aromatic heterocycles. The maximum atomic E-state index is 6.08. The van der Waals surface area contributed by atoms with Crippen LogP contribution in [0, 0.1) is 3.57 Å². The zero-order valence-electron chi connectivity index (χ0n) is 10.6. The van der Waals surface area contributed by atoms with Crippen molar-refractivity contribution in [2.24, 2.45) is 7.05 Å². The molecule has 0 aliphatic heterocycles. The summed E-state index contributed by atoms with van der Waals surface area (Å²) in [5, 5.41) is 4.39. The van der Waals surface area contributed by atoms with E-state index in [1.54, 1.807) is 4.68 Å². The number of rotatable bonds is 3. The van der Waals surface area contributed by atoms with Crippen molar-refractivity contribution in [2.75, 3.05) is 5.73 Å². The number of aryl methyl sites for hydroxylation is 1. The number of nitrogens with zero attached hydrogens (tertiary/aromatic N) is 2. The van der Waals surface area contributed by atoms with Crippen LogP contribution in [0.3, 0.4) is 0 Å². The van der Waals surface area contributed by atoms with Gasteiger partial charge in [-0.15, -0.1) is 0 Å². The highest BCUT2D eigenvalue weighted by Crippen LogP contribution is 2.33. The van der Waals surface area contributed by atoms with Crippen molar-refractivity contribution in [3.05, 3.63) is 33.5 Å². The molecule has 96 valence electrons. The standard InChI is InChI=1S/C13H16IN3O/c1-8(2)12-11(15)13(17(3)16-12)18-10-6-4-5-9(14)7-10/h4-8H,15H2,1-3H3. The number of hydrogen-bond acceptors (Lipinski definition) is 3. The Labute approximate surface area is 120 Å². The average molecular weight is 357 g/mol. The number of aromatic nitrogens is 2. The normalized spacial score (nSPS) is 10.9. The van der Waals surface area contributed by atoms with Gasteiger partial charge in [0, 0.05) is 10.6 Å². The van der Waals surface area contributed by atoms with Crippen molar-refractivity contribution in [3.63, 3.8) is 0 Å². The van der Waals surface area contributed by atoms with Crippen LogP contribution in [0.5, 0.6) is 11.6 Å². The molecule has 0 bridgehead atoms. The Hall–Kier alpha value is -1.24. The third-order valence-electron chi connectivity index (χ3n) is 2.62. The van der Waals surface area contributed by atoms with Crippen LogP contribution < -0.4 is 10.5 Å². The highest BCUT2D eigenvalue weighted by atomic mass is 127. The van der Waals surface area contributed by atoms with Crippen LogP contribution in [-0.2, 0) is 7.05 Å². The van der Waals surface area contributed by atoms with Gasteiger partial charge in [-0.2, -0.15) is 5.10 Å². The first-order valence-corrected chi connectivity index (χ1v) is 6.82. The SMILES string of the molecule is CC(C)c1nn(C)c(Oc2cccc(I)c2)c1N. The van der Waals surface area contributed by atoms with Crippen molar-refractivity contribution in [1.82, 2.24) is 9.78 Å². The molecule has 0 radical (unpaired) electrons. The first-order chi connectivity index (χ1) is 8.49. The summed E-state index contributed by atoms with van der Waals surface area (Å²) in [6.07, 6.45) is 0. The van der Waals surface area contributed by atoms with Crippen LogP contribution in [0.2, 0.25) is 0 Å².